The summed E-state index contributed by atoms with van der Waals surface area (Å²) in [5.41, 5.74) is 0.148. The van der Waals surface area contributed by atoms with Crippen molar-refractivity contribution in [2.75, 3.05) is 26.7 Å². The molecule has 9 nitrogen and oxygen atoms in total. The van der Waals surface area contributed by atoms with Crippen molar-refractivity contribution in [2.24, 2.45) is 5.92 Å². The lowest BCUT2D eigenvalue weighted by molar-refractivity contribution is -0.385. The summed E-state index contributed by atoms with van der Waals surface area (Å²) in [6, 6.07) is 4.25. The normalized spacial score (nSPS) is 19.2. The average Bonchev–Trinajstić information content (AvgIpc) is 2.95. The van der Waals surface area contributed by atoms with Crippen LogP contribution in [0.2, 0.25) is 0 Å². The van der Waals surface area contributed by atoms with Gasteiger partial charge in [-0.1, -0.05) is 13.0 Å². The van der Waals surface area contributed by atoms with Crippen LogP contribution in [0.5, 0.6) is 5.75 Å². The Morgan fingerprint density at radius 3 is 2.66 bits per heavy atom. The predicted octanol–water partition coefficient (Wildman–Crippen LogP) is 2.90. The number of piperidine rings is 1. The number of amides is 3. The Kier molecular flexibility index (Phi) is 6.21. The van der Waals surface area contributed by atoms with E-state index in [-0.39, 0.29) is 28.8 Å². The number of nitrogens with zero attached hydrogens (tertiary/aromatic N) is 3. The molecule has 0 saturated carbocycles. The molecule has 3 amide bonds. The fourth-order valence-corrected chi connectivity index (χ4v) is 4.06. The predicted molar refractivity (Wildman–Crippen MR) is 107 cm³/mol. The molecule has 2 heterocycles. The molecule has 2 aliphatic rings. The first-order valence-electron chi connectivity index (χ1n) is 9.15. The SMILES string of the molecule is COc1ccc(/C=C2/SC(=O)N(CC(=O)N3CCC(C)CC3)C2=O)cc1[N+](=O)[O-]. The summed E-state index contributed by atoms with van der Waals surface area (Å²) >= 11 is 0.717. The monoisotopic (exact) mass is 419 g/mol. The van der Waals surface area contributed by atoms with Gasteiger partial charge in [-0.25, -0.2) is 0 Å². The van der Waals surface area contributed by atoms with E-state index in [0.717, 1.165) is 17.7 Å². The first-order chi connectivity index (χ1) is 13.8. The number of hydrogen-bond donors (Lipinski definition) is 0. The average molecular weight is 419 g/mol. The van der Waals surface area contributed by atoms with Gasteiger partial charge in [-0.2, -0.15) is 0 Å². The summed E-state index contributed by atoms with van der Waals surface area (Å²) in [4.78, 5) is 50.6. The quantitative estimate of drug-likeness (QED) is 0.410. The molecule has 0 bridgehead atoms. The third kappa shape index (κ3) is 4.58. The van der Waals surface area contributed by atoms with Crippen LogP contribution in [-0.4, -0.2) is 58.5 Å². The standard InChI is InChI=1S/C19H21N3O6S/c1-12-5-7-20(8-6-12)17(23)11-21-18(24)16(29-19(21)25)10-13-3-4-15(28-2)14(9-13)22(26)27/h3-4,9-10,12H,5-8,11H2,1-2H3/b16-10+. The van der Waals surface area contributed by atoms with Crippen molar-refractivity contribution >= 4 is 40.6 Å². The van der Waals surface area contributed by atoms with Gasteiger partial charge < -0.3 is 9.64 Å². The molecule has 0 unspecified atom stereocenters. The number of benzene rings is 1. The van der Waals surface area contributed by atoms with Gasteiger partial charge in [-0.05, 0) is 48.2 Å². The molecule has 0 spiro atoms. The van der Waals surface area contributed by atoms with Crippen molar-refractivity contribution in [1.29, 1.82) is 0 Å². The van der Waals surface area contributed by atoms with Crippen LogP contribution in [0.4, 0.5) is 10.5 Å². The van der Waals surface area contributed by atoms with Gasteiger partial charge in [-0.3, -0.25) is 29.4 Å². The smallest absolute Gasteiger partial charge is 0.311 e. The number of methoxy groups -OCH3 is 1. The highest BCUT2D eigenvalue weighted by Crippen LogP contribution is 2.34. The second kappa shape index (κ2) is 8.64. The summed E-state index contributed by atoms with van der Waals surface area (Å²) in [7, 11) is 1.33. The van der Waals surface area contributed by atoms with E-state index in [1.54, 1.807) is 11.0 Å². The van der Waals surface area contributed by atoms with Crippen LogP contribution in [-0.2, 0) is 9.59 Å². The number of thioether (sulfide) groups is 1. The minimum atomic E-state index is -0.583. The van der Waals surface area contributed by atoms with E-state index in [1.165, 1.54) is 25.3 Å². The molecule has 10 heteroatoms. The highest BCUT2D eigenvalue weighted by Gasteiger charge is 2.37. The molecule has 2 aliphatic heterocycles. The lowest BCUT2D eigenvalue weighted by atomic mass is 9.99. The first-order valence-corrected chi connectivity index (χ1v) is 9.97. The Balaban J connectivity index is 1.74. The Bertz CT molecular complexity index is 892. The zero-order chi connectivity index (χ0) is 21.1. The van der Waals surface area contributed by atoms with Crippen molar-refractivity contribution in [3.8, 4) is 5.75 Å². The lowest BCUT2D eigenvalue weighted by Gasteiger charge is -2.31. The maximum Gasteiger partial charge on any atom is 0.311 e. The van der Waals surface area contributed by atoms with Gasteiger partial charge >= 0.3 is 5.69 Å². The third-order valence-corrected chi connectivity index (χ3v) is 5.91. The maximum absolute atomic E-state index is 12.6. The number of carbonyl (C=O) groups excluding carboxylic acids is 3. The molecule has 0 radical (unpaired) electrons. The van der Waals surface area contributed by atoms with Crippen LogP contribution in [0, 0.1) is 16.0 Å². The molecule has 29 heavy (non-hydrogen) atoms. The Hall–Kier alpha value is -2.88. The fourth-order valence-electron chi connectivity index (χ4n) is 3.22. The van der Waals surface area contributed by atoms with Crippen LogP contribution in [0.3, 0.4) is 0 Å². The number of rotatable bonds is 5. The Morgan fingerprint density at radius 1 is 1.34 bits per heavy atom. The second-order valence-corrected chi connectivity index (χ2v) is 8.01. The minimum absolute atomic E-state index is 0.0988. The molecule has 1 aromatic carbocycles. The highest BCUT2D eigenvalue weighted by atomic mass is 32.2. The lowest BCUT2D eigenvalue weighted by Crippen LogP contribution is -2.45. The van der Waals surface area contributed by atoms with Crippen molar-refractivity contribution < 1.29 is 24.0 Å². The summed E-state index contributed by atoms with van der Waals surface area (Å²) in [5, 5.41) is 10.6. The van der Waals surface area contributed by atoms with Crippen molar-refractivity contribution in [3.63, 3.8) is 0 Å². The number of imide groups is 1. The zero-order valence-electron chi connectivity index (χ0n) is 16.1. The van der Waals surface area contributed by atoms with E-state index in [1.807, 2.05) is 0 Å². The number of nitro benzene ring substituents is 1. The maximum atomic E-state index is 12.6. The van der Waals surface area contributed by atoms with Gasteiger partial charge in [0.1, 0.15) is 6.54 Å². The van der Waals surface area contributed by atoms with Gasteiger partial charge in [0, 0.05) is 19.2 Å². The van der Waals surface area contributed by atoms with Crippen molar-refractivity contribution in [1.82, 2.24) is 9.80 Å². The number of likely N-dealkylation sites (tertiary alicyclic amines) is 1. The van der Waals surface area contributed by atoms with E-state index in [4.69, 9.17) is 4.74 Å². The number of nitro groups is 1. The third-order valence-electron chi connectivity index (χ3n) is 5.00. The van der Waals surface area contributed by atoms with Crippen molar-refractivity contribution in [3.05, 3.63) is 38.8 Å². The molecule has 0 aliphatic carbocycles. The summed E-state index contributed by atoms with van der Waals surface area (Å²) in [5.74, 6) is -0.160. The first kappa shape index (κ1) is 20.8. The van der Waals surface area contributed by atoms with Gasteiger partial charge in [0.05, 0.1) is 16.9 Å². The summed E-state index contributed by atoms with van der Waals surface area (Å²) in [6.07, 6.45) is 3.22. The highest BCUT2D eigenvalue weighted by molar-refractivity contribution is 8.18. The van der Waals surface area contributed by atoms with Crippen molar-refractivity contribution in [2.45, 2.75) is 19.8 Å². The second-order valence-electron chi connectivity index (χ2n) is 7.02. The van der Waals surface area contributed by atoms with E-state index >= 15 is 0 Å². The van der Waals surface area contributed by atoms with Crippen LogP contribution in [0.15, 0.2) is 23.1 Å². The molecule has 1 aromatic rings. The molecule has 0 atom stereocenters. The Morgan fingerprint density at radius 2 is 2.03 bits per heavy atom. The van der Waals surface area contributed by atoms with E-state index in [0.29, 0.717) is 36.3 Å². The summed E-state index contributed by atoms with van der Waals surface area (Å²) < 4.78 is 4.96. The number of ether oxygens (including phenoxy) is 1. The zero-order valence-corrected chi connectivity index (χ0v) is 16.9. The van der Waals surface area contributed by atoms with E-state index in [2.05, 4.69) is 6.92 Å². The number of carbonyl (C=O) groups is 3. The van der Waals surface area contributed by atoms with Gasteiger partial charge in [0.2, 0.25) is 5.91 Å². The molecule has 0 aromatic heterocycles. The van der Waals surface area contributed by atoms with E-state index < -0.39 is 16.1 Å². The van der Waals surface area contributed by atoms with E-state index in [9.17, 15) is 24.5 Å². The van der Waals surface area contributed by atoms with Crippen LogP contribution < -0.4 is 4.74 Å². The molecule has 3 rings (SSSR count). The van der Waals surface area contributed by atoms with Gasteiger partial charge in [0.15, 0.2) is 5.75 Å². The van der Waals surface area contributed by atoms with Crippen LogP contribution >= 0.6 is 11.8 Å². The molecule has 154 valence electrons. The summed E-state index contributed by atoms with van der Waals surface area (Å²) in [6.45, 7) is 3.09. The topological polar surface area (TPSA) is 110 Å². The molecule has 2 saturated heterocycles. The Labute approximate surface area is 171 Å². The van der Waals surface area contributed by atoms with Gasteiger partial charge in [0.25, 0.3) is 11.1 Å². The molecular weight excluding hydrogens is 398 g/mol. The fraction of sp³-hybridized carbons (Fsp3) is 0.421. The largest absolute Gasteiger partial charge is 0.490 e. The molecular formula is C19H21N3O6S. The van der Waals surface area contributed by atoms with Crippen LogP contribution in [0.25, 0.3) is 6.08 Å². The molecule has 0 N–H and O–H groups in total. The van der Waals surface area contributed by atoms with Gasteiger partial charge in [-0.15, -0.1) is 0 Å². The minimum Gasteiger partial charge on any atom is -0.490 e. The molecule has 2 fully saturated rings. The number of hydrogen-bond acceptors (Lipinski definition) is 7. The van der Waals surface area contributed by atoms with Crippen LogP contribution in [0.1, 0.15) is 25.3 Å².